The molecule has 1 aromatic heterocycles. The van der Waals surface area contributed by atoms with Crippen LogP contribution in [0, 0.1) is 5.82 Å². The number of nitrogens with two attached hydrogens (primary N) is 1. The largest absolute Gasteiger partial charge is 0.489 e. The Hall–Kier alpha value is -1.65. The van der Waals surface area contributed by atoms with E-state index in [1.54, 1.807) is 24.5 Å². The summed E-state index contributed by atoms with van der Waals surface area (Å²) in [5.74, 6) is 0.132. The minimum atomic E-state index is -0.334. The second kappa shape index (κ2) is 6.68. The molecular weight excluding hydrogens is 279 g/mol. The molecule has 0 spiro atoms. The van der Waals surface area contributed by atoms with Gasteiger partial charge in [-0.05, 0) is 37.1 Å². The molecule has 0 aliphatic heterocycles. The fraction of sp³-hybridized carbons (Fsp3) is 0.267. The summed E-state index contributed by atoms with van der Waals surface area (Å²) in [7, 11) is 0. The average Bonchev–Trinajstić information content (AvgIpc) is 2.36. The molecule has 0 aliphatic rings. The molecule has 106 valence electrons. The van der Waals surface area contributed by atoms with Gasteiger partial charge in [-0.2, -0.15) is 0 Å². The predicted octanol–water partition coefficient (Wildman–Crippen LogP) is 3.34. The van der Waals surface area contributed by atoms with Gasteiger partial charge in [0.2, 0.25) is 0 Å². The van der Waals surface area contributed by atoms with Crippen LogP contribution in [0.1, 0.15) is 18.1 Å². The normalized spacial score (nSPS) is 12.2. The lowest BCUT2D eigenvalue weighted by Gasteiger charge is -2.11. The van der Waals surface area contributed by atoms with Gasteiger partial charge in [-0.3, -0.25) is 4.98 Å². The van der Waals surface area contributed by atoms with Crippen LogP contribution in [0.4, 0.5) is 4.39 Å². The fourth-order valence-corrected chi connectivity index (χ4v) is 2.05. The summed E-state index contributed by atoms with van der Waals surface area (Å²) in [6.07, 6.45) is 3.79. The SMILES string of the molecule is CC(N)Cc1cc(F)cc(OCc2ccncc2Cl)c1. The monoisotopic (exact) mass is 294 g/mol. The van der Waals surface area contributed by atoms with Crippen LogP contribution in [0.25, 0.3) is 0 Å². The summed E-state index contributed by atoms with van der Waals surface area (Å²) in [5, 5.41) is 0.528. The topological polar surface area (TPSA) is 48.1 Å². The van der Waals surface area contributed by atoms with Crippen LogP contribution in [0.15, 0.2) is 36.7 Å². The number of benzene rings is 1. The second-order valence-electron chi connectivity index (χ2n) is 4.73. The van der Waals surface area contributed by atoms with Gasteiger partial charge in [0.05, 0.1) is 5.02 Å². The molecule has 1 unspecified atom stereocenters. The first-order chi connectivity index (χ1) is 9.54. The Bertz CT molecular complexity index is 590. The Morgan fingerprint density at radius 3 is 2.90 bits per heavy atom. The highest BCUT2D eigenvalue weighted by Crippen LogP contribution is 2.20. The first-order valence-electron chi connectivity index (χ1n) is 6.31. The maximum Gasteiger partial charge on any atom is 0.127 e. The highest BCUT2D eigenvalue weighted by Gasteiger charge is 2.06. The highest BCUT2D eigenvalue weighted by molar-refractivity contribution is 6.31. The lowest BCUT2D eigenvalue weighted by atomic mass is 10.1. The summed E-state index contributed by atoms with van der Waals surface area (Å²) < 4.78 is 19.1. The van der Waals surface area contributed by atoms with Gasteiger partial charge in [0.1, 0.15) is 18.2 Å². The van der Waals surface area contributed by atoms with Gasteiger partial charge >= 0.3 is 0 Å². The molecule has 1 heterocycles. The zero-order chi connectivity index (χ0) is 14.5. The highest BCUT2D eigenvalue weighted by atomic mass is 35.5. The second-order valence-corrected chi connectivity index (χ2v) is 5.14. The zero-order valence-corrected chi connectivity index (χ0v) is 11.9. The van der Waals surface area contributed by atoms with Crippen LogP contribution in [0.2, 0.25) is 5.02 Å². The molecular formula is C15H16ClFN2O. The molecule has 2 rings (SSSR count). The molecule has 1 aromatic carbocycles. The molecule has 0 bridgehead atoms. The van der Waals surface area contributed by atoms with E-state index in [1.165, 1.54) is 12.1 Å². The Morgan fingerprint density at radius 2 is 2.20 bits per heavy atom. The molecule has 3 nitrogen and oxygen atoms in total. The average molecular weight is 295 g/mol. The van der Waals surface area contributed by atoms with E-state index in [0.29, 0.717) is 17.2 Å². The van der Waals surface area contributed by atoms with Crippen LogP contribution in [-0.4, -0.2) is 11.0 Å². The van der Waals surface area contributed by atoms with Crippen molar-refractivity contribution in [1.29, 1.82) is 0 Å². The van der Waals surface area contributed by atoms with Crippen molar-refractivity contribution >= 4 is 11.6 Å². The minimum absolute atomic E-state index is 0.0284. The van der Waals surface area contributed by atoms with E-state index in [4.69, 9.17) is 22.1 Å². The van der Waals surface area contributed by atoms with Gasteiger partial charge < -0.3 is 10.5 Å². The van der Waals surface area contributed by atoms with E-state index < -0.39 is 0 Å². The van der Waals surface area contributed by atoms with Crippen molar-refractivity contribution in [3.05, 3.63) is 58.6 Å². The number of hydrogen-bond acceptors (Lipinski definition) is 3. The Kier molecular flexibility index (Phi) is 4.93. The number of nitrogens with zero attached hydrogens (tertiary/aromatic N) is 1. The quantitative estimate of drug-likeness (QED) is 0.920. The van der Waals surface area contributed by atoms with Gasteiger partial charge in [0.15, 0.2) is 0 Å². The number of ether oxygens (including phenoxy) is 1. The number of rotatable bonds is 5. The van der Waals surface area contributed by atoms with Gasteiger partial charge in [-0.15, -0.1) is 0 Å². The Morgan fingerprint density at radius 1 is 1.40 bits per heavy atom. The summed E-state index contributed by atoms with van der Waals surface area (Å²) in [6.45, 7) is 2.14. The van der Waals surface area contributed by atoms with E-state index in [2.05, 4.69) is 4.98 Å². The Labute approximate surface area is 122 Å². The molecule has 1 atom stereocenters. The van der Waals surface area contributed by atoms with E-state index in [-0.39, 0.29) is 18.5 Å². The van der Waals surface area contributed by atoms with Crippen LogP contribution in [0.3, 0.4) is 0 Å². The molecule has 0 saturated heterocycles. The molecule has 2 N–H and O–H groups in total. The van der Waals surface area contributed by atoms with Crippen LogP contribution in [-0.2, 0) is 13.0 Å². The van der Waals surface area contributed by atoms with Crippen molar-refractivity contribution < 1.29 is 9.13 Å². The first kappa shape index (κ1) is 14.8. The first-order valence-corrected chi connectivity index (χ1v) is 6.68. The van der Waals surface area contributed by atoms with Gasteiger partial charge in [0.25, 0.3) is 0 Å². The van der Waals surface area contributed by atoms with Crippen molar-refractivity contribution in [2.75, 3.05) is 0 Å². The molecule has 2 aromatic rings. The lowest BCUT2D eigenvalue weighted by Crippen LogP contribution is -2.17. The van der Waals surface area contributed by atoms with Crippen molar-refractivity contribution in [2.24, 2.45) is 5.73 Å². The third-order valence-corrected chi connectivity index (χ3v) is 3.08. The molecule has 0 aliphatic carbocycles. The summed E-state index contributed by atoms with van der Waals surface area (Å²) in [6, 6.07) is 6.35. The molecule has 20 heavy (non-hydrogen) atoms. The Balaban J connectivity index is 2.09. The minimum Gasteiger partial charge on any atom is -0.489 e. The standard InChI is InChI=1S/C15H16ClFN2O/c1-10(18)4-11-5-13(17)7-14(6-11)20-9-12-2-3-19-8-15(12)16/h2-3,5-8,10H,4,9,18H2,1H3. The van der Waals surface area contributed by atoms with Crippen LogP contribution >= 0.6 is 11.6 Å². The summed E-state index contributed by atoms with van der Waals surface area (Å²) >= 11 is 5.99. The van der Waals surface area contributed by atoms with Gasteiger partial charge in [-0.1, -0.05) is 11.6 Å². The smallest absolute Gasteiger partial charge is 0.127 e. The van der Waals surface area contributed by atoms with Crippen molar-refractivity contribution in [3.8, 4) is 5.75 Å². The zero-order valence-electron chi connectivity index (χ0n) is 11.1. The van der Waals surface area contributed by atoms with Crippen molar-refractivity contribution in [3.63, 3.8) is 0 Å². The third-order valence-electron chi connectivity index (χ3n) is 2.74. The molecule has 0 saturated carbocycles. The summed E-state index contributed by atoms with van der Waals surface area (Å²) in [4.78, 5) is 3.90. The predicted molar refractivity (Wildman–Crippen MR) is 77.3 cm³/mol. The van der Waals surface area contributed by atoms with Crippen molar-refractivity contribution in [2.45, 2.75) is 26.0 Å². The van der Waals surface area contributed by atoms with Crippen molar-refractivity contribution in [1.82, 2.24) is 4.98 Å². The fourth-order valence-electron chi connectivity index (χ4n) is 1.88. The van der Waals surface area contributed by atoms with Crippen LogP contribution in [0.5, 0.6) is 5.75 Å². The maximum atomic E-state index is 13.5. The van der Waals surface area contributed by atoms with Gasteiger partial charge in [0, 0.05) is 30.1 Å². The van der Waals surface area contributed by atoms with E-state index >= 15 is 0 Å². The molecule has 0 amide bonds. The third kappa shape index (κ3) is 4.18. The molecule has 0 radical (unpaired) electrons. The van der Waals surface area contributed by atoms with Gasteiger partial charge in [-0.25, -0.2) is 4.39 Å². The van der Waals surface area contributed by atoms with E-state index in [9.17, 15) is 4.39 Å². The van der Waals surface area contributed by atoms with Crippen LogP contribution < -0.4 is 10.5 Å². The molecule has 0 fully saturated rings. The number of pyridine rings is 1. The maximum absolute atomic E-state index is 13.5. The molecule has 5 heteroatoms. The number of halogens is 2. The summed E-state index contributed by atoms with van der Waals surface area (Å²) in [5.41, 5.74) is 7.34. The van der Waals surface area contributed by atoms with E-state index in [0.717, 1.165) is 11.1 Å². The number of hydrogen-bond donors (Lipinski definition) is 1. The number of aromatic nitrogens is 1. The lowest BCUT2D eigenvalue weighted by molar-refractivity contribution is 0.304. The van der Waals surface area contributed by atoms with E-state index in [1.807, 2.05) is 6.92 Å².